The van der Waals surface area contributed by atoms with E-state index in [2.05, 4.69) is 31.9 Å². The average molecular weight is 580 g/mol. The molecular formula is C30H37N5O3S2. The van der Waals surface area contributed by atoms with Gasteiger partial charge in [-0.15, -0.1) is 0 Å². The van der Waals surface area contributed by atoms with Gasteiger partial charge in [0, 0.05) is 30.9 Å². The van der Waals surface area contributed by atoms with E-state index in [4.69, 9.17) is 4.98 Å². The molecule has 0 aliphatic carbocycles. The first-order valence-corrected chi connectivity index (χ1v) is 16.1. The number of benzene rings is 2. The maximum Gasteiger partial charge on any atom is 0.260 e. The van der Waals surface area contributed by atoms with Crippen LogP contribution < -0.4 is 4.90 Å². The SMILES string of the molecule is Cc1cc(C)n(CCN(C(=O)c2ccc(S(=O)(=O)N3CCC(C)CC3)cc2)c2nc3c(C(C)C)cccc3s2)n1. The van der Waals surface area contributed by atoms with Crippen molar-refractivity contribution in [3.8, 4) is 0 Å². The van der Waals surface area contributed by atoms with Crippen molar-refractivity contribution in [2.45, 2.75) is 64.8 Å². The zero-order valence-electron chi connectivity index (χ0n) is 23.8. The zero-order valence-corrected chi connectivity index (χ0v) is 25.4. The highest BCUT2D eigenvalue weighted by Gasteiger charge is 2.29. The van der Waals surface area contributed by atoms with Gasteiger partial charge in [-0.05, 0) is 80.5 Å². The third-order valence-electron chi connectivity index (χ3n) is 7.66. The van der Waals surface area contributed by atoms with Crippen molar-refractivity contribution < 1.29 is 13.2 Å². The smallest absolute Gasteiger partial charge is 0.260 e. The maximum absolute atomic E-state index is 14.0. The van der Waals surface area contributed by atoms with Gasteiger partial charge < -0.3 is 0 Å². The topological polar surface area (TPSA) is 88.4 Å². The lowest BCUT2D eigenvalue weighted by molar-refractivity contribution is 0.0985. The molecule has 1 aliphatic rings. The molecule has 2 aromatic heterocycles. The van der Waals surface area contributed by atoms with Gasteiger partial charge >= 0.3 is 0 Å². The highest BCUT2D eigenvalue weighted by Crippen LogP contribution is 2.34. The number of piperidine rings is 1. The number of fused-ring (bicyclic) bond motifs is 1. The average Bonchev–Trinajstić information content (AvgIpc) is 3.50. The first-order chi connectivity index (χ1) is 19.0. The minimum Gasteiger partial charge on any atom is -0.282 e. The van der Waals surface area contributed by atoms with E-state index in [0.29, 0.717) is 48.7 Å². The molecule has 1 amide bonds. The monoisotopic (exact) mass is 579 g/mol. The number of nitrogens with zero attached hydrogens (tertiary/aromatic N) is 5. The number of anilines is 1. The fourth-order valence-electron chi connectivity index (χ4n) is 5.22. The Bertz CT molecular complexity index is 1610. The molecule has 4 aromatic rings. The number of hydrogen-bond donors (Lipinski definition) is 0. The number of carbonyl (C=O) groups excluding carboxylic acids is 1. The molecule has 0 atom stereocenters. The number of para-hydroxylation sites is 1. The van der Waals surface area contributed by atoms with Crippen LogP contribution in [0.5, 0.6) is 0 Å². The van der Waals surface area contributed by atoms with Crippen LogP contribution in [-0.2, 0) is 16.6 Å². The summed E-state index contributed by atoms with van der Waals surface area (Å²) in [5.41, 5.74) is 4.43. The van der Waals surface area contributed by atoms with Crippen molar-refractivity contribution in [3.63, 3.8) is 0 Å². The molecule has 1 fully saturated rings. The van der Waals surface area contributed by atoms with Gasteiger partial charge in [0.2, 0.25) is 10.0 Å². The number of hydrogen-bond acceptors (Lipinski definition) is 6. The summed E-state index contributed by atoms with van der Waals surface area (Å²) >= 11 is 1.49. The molecule has 0 radical (unpaired) electrons. The Kier molecular flexibility index (Phi) is 8.13. The predicted molar refractivity (Wildman–Crippen MR) is 161 cm³/mol. The number of thiazole rings is 1. The lowest BCUT2D eigenvalue weighted by Gasteiger charge is -2.29. The summed E-state index contributed by atoms with van der Waals surface area (Å²) in [6, 6.07) is 14.5. The van der Waals surface area contributed by atoms with E-state index in [0.717, 1.165) is 40.0 Å². The molecule has 0 N–H and O–H groups in total. The van der Waals surface area contributed by atoms with E-state index in [1.165, 1.54) is 11.3 Å². The van der Waals surface area contributed by atoms with E-state index in [1.54, 1.807) is 33.5 Å². The molecule has 212 valence electrons. The van der Waals surface area contributed by atoms with Gasteiger partial charge in [-0.2, -0.15) is 9.40 Å². The Morgan fingerprint density at radius 3 is 2.42 bits per heavy atom. The molecule has 0 unspecified atom stereocenters. The summed E-state index contributed by atoms with van der Waals surface area (Å²) in [5, 5.41) is 5.19. The quantitative estimate of drug-likeness (QED) is 0.255. The maximum atomic E-state index is 14.0. The van der Waals surface area contributed by atoms with Crippen LogP contribution in [0.3, 0.4) is 0 Å². The van der Waals surface area contributed by atoms with Crippen LogP contribution in [0.2, 0.25) is 0 Å². The van der Waals surface area contributed by atoms with Crippen LogP contribution in [0.1, 0.15) is 66.8 Å². The number of aryl methyl sites for hydroxylation is 2. The third kappa shape index (κ3) is 5.70. The van der Waals surface area contributed by atoms with Crippen molar-refractivity contribution in [2.24, 2.45) is 5.92 Å². The van der Waals surface area contributed by atoms with Crippen molar-refractivity contribution in [2.75, 3.05) is 24.5 Å². The molecule has 1 aliphatic heterocycles. The Balaban J connectivity index is 1.46. The molecule has 0 spiro atoms. The number of amides is 1. The van der Waals surface area contributed by atoms with Gasteiger partial charge in [0.25, 0.3) is 5.91 Å². The lowest BCUT2D eigenvalue weighted by atomic mass is 10.0. The van der Waals surface area contributed by atoms with E-state index >= 15 is 0 Å². The van der Waals surface area contributed by atoms with Gasteiger partial charge in [0.15, 0.2) is 5.13 Å². The van der Waals surface area contributed by atoms with E-state index in [-0.39, 0.29) is 10.8 Å². The molecule has 5 rings (SSSR count). The summed E-state index contributed by atoms with van der Waals surface area (Å²) < 4.78 is 30.9. The Morgan fingerprint density at radius 2 is 1.80 bits per heavy atom. The molecule has 10 heteroatoms. The minimum atomic E-state index is -3.59. The van der Waals surface area contributed by atoms with Gasteiger partial charge in [-0.3, -0.25) is 14.4 Å². The van der Waals surface area contributed by atoms with Gasteiger partial charge in [0.1, 0.15) is 0 Å². The molecule has 8 nitrogen and oxygen atoms in total. The first-order valence-electron chi connectivity index (χ1n) is 13.9. The van der Waals surface area contributed by atoms with Gasteiger partial charge in [-0.25, -0.2) is 13.4 Å². The van der Waals surface area contributed by atoms with Gasteiger partial charge in [-0.1, -0.05) is 44.2 Å². The Morgan fingerprint density at radius 1 is 1.10 bits per heavy atom. The highest BCUT2D eigenvalue weighted by molar-refractivity contribution is 7.89. The Labute approximate surface area is 240 Å². The van der Waals surface area contributed by atoms with E-state index < -0.39 is 10.0 Å². The molecule has 0 saturated carbocycles. The second kappa shape index (κ2) is 11.4. The zero-order chi connectivity index (χ0) is 28.6. The van der Waals surface area contributed by atoms with Crippen LogP contribution >= 0.6 is 11.3 Å². The van der Waals surface area contributed by atoms with E-state index in [9.17, 15) is 13.2 Å². The fraction of sp³-hybridized carbons (Fsp3) is 0.433. The molecule has 2 aromatic carbocycles. The van der Waals surface area contributed by atoms with Crippen molar-refractivity contribution in [1.82, 2.24) is 19.1 Å². The standard InChI is InChI=1S/C30H37N5O3S2/c1-20(2)26-7-6-8-27-28(26)31-30(39-27)34(17-18-35-23(5)19-22(4)32-35)29(36)24-9-11-25(12-10-24)40(37,38)33-15-13-21(3)14-16-33/h6-12,19-21H,13-18H2,1-5H3. The molecule has 0 bridgehead atoms. The van der Waals surface area contributed by atoms with Crippen molar-refractivity contribution in [3.05, 3.63) is 71.0 Å². The van der Waals surface area contributed by atoms with Crippen molar-refractivity contribution in [1.29, 1.82) is 0 Å². The van der Waals surface area contributed by atoms with Crippen LogP contribution in [0.4, 0.5) is 5.13 Å². The molecule has 40 heavy (non-hydrogen) atoms. The summed E-state index contributed by atoms with van der Waals surface area (Å²) in [6.45, 7) is 12.3. The summed E-state index contributed by atoms with van der Waals surface area (Å²) in [6.07, 6.45) is 1.72. The predicted octanol–water partition coefficient (Wildman–Crippen LogP) is 6.00. The molecule has 1 saturated heterocycles. The van der Waals surface area contributed by atoms with Gasteiger partial charge in [0.05, 0.1) is 27.4 Å². The van der Waals surface area contributed by atoms with Crippen LogP contribution in [0.15, 0.2) is 53.4 Å². The second-order valence-corrected chi connectivity index (χ2v) is 14.0. The molecular weight excluding hydrogens is 542 g/mol. The number of aromatic nitrogens is 3. The summed E-state index contributed by atoms with van der Waals surface area (Å²) in [7, 11) is -3.59. The van der Waals surface area contributed by atoms with Crippen LogP contribution in [-0.4, -0.2) is 53.0 Å². The largest absolute Gasteiger partial charge is 0.282 e. The normalized spacial score (nSPS) is 15.2. The Hall–Kier alpha value is -3.08. The fourth-order valence-corrected chi connectivity index (χ4v) is 7.71. The number of rotatable bonds is 8. The summed E-state index contributed by atoms with van der Waals surface area (Å²) in [4.78, 5) is 20.8. The second-order valence-electron chi connectivity index (χ2n) is 11.1. The highest BCUT2D eigenvalue weighted by atomic mass is 32.2. The minimum absolute atomic E-state index is 0.217. The lowest BCUT2D eigenvalue weighted by Crippen LogP contribution is -2.38. The first kappa shape index (κ1) is 28.4. The third-order valence-corrected chi connectivity index (χ3v) is 10.6. The number of sulfonamides is 1. The number of carbonyl (C=O) groups is 1. The van der Waals surface area contributed by atoms with E-state index in [1.807, 2.05) is 36.7 Å². The van der Waals surface area contributed by atoms with Crippen molar-refractivity contribution >= 4 is 42.6 Å². The van der Waals surface area contributed by atoms with Crippen LogP contribution in [0, 0.1) is 19.8 Å². The molecule has 3 heterocycles. The van der Waals surface area contributed by atoms with Crippen LogP contribution in [0.25, 0.3) is 10.2 Å². The summed E-state index contributed by atoms with van der Waals surface area (Å²) in [5.74, 6) is 0.614.